The lowest BCUT2D eigenvalue weighted by Gasteiger charge is -2.04. The largest absolute Gasteiger partial charge is 0.459 e. The van der Waals surface area contributed by atoms with Crippen LogP contribution in [0.15, 0.2) is 50.7 Å². The Hall–Kier alpha value is -1.10. The average Bonchev–Trinajstić information content (AvgIpc) is 2.93. The van der Waals surface area contributed by atoms with Crippen LogP contribution in [0.2, 0.25) is 0 Å². The van der Waals surface area contributed by atoms with Crippen LogP contribution in [-0.4, -0.2) is 0 Å². The van der Waals surface area contributed by atoms with Crippen molar-refractivity contribution in [2.24, 2.45) is 5.73 Å². The quantitative estimate of drug-likeness (QED) is 0.766. The molecule has 1 aromatic carbocycles. The smallest absolute Gasteiger partial charge is 0.134 e. The molecule has 3 rings (SSSR count). The molecular weight excluding hydrogens is 298 g/mol. The SMILES string of the molecule is NC(c1cc2ccccc2o1)c1ccc(Br)s1. The molecule has 0 aliphatic heterocycles. The number of para-hydroxylation sites is 1. The van der Waals surface area contributed by atoms with Crippen molar-refractivity contribution < 1.29 is 4.42 Å². The van der Waals surface area contributed by atoms with Gasteiger partial charge >= 0.3 is 0 Å². The van der Waals surface area contributed by atoms with Gasteiger partial charge in [0, 0.05) is 10.3 Å². The van der Waals surface area contributed by atoms with Crippen LogP contribution in [-0.2, 0) is 0 Å². The van der Waals surface area contributed by atoms with Gasteiger partial charge in [-0.05, 0) is 40.2 Å². The maximum absolute atomic E-state index is 6.19. The van der Waals surface area contributed by atoms with Crippen molar-refractivity contribution in [1.29, 1.82) is 0 Å². The summed E-state index contributed by atoms with van der Waals surface area (Å²) in [6.45, 7) is 0. The minimum absolute atomic E-state index is 0.196. The summed E-state index contributed by atoms with van der Waals surface area (Å²) in [6.07, 6.45) is 0. The zero-order valence-electron chi connectivity index (χ0n) is 8.89. The summed E-state index contributed by atoms with van der Waals surface area (Å²) in [7, 11) is 0. The molecule has 0 spiro atoms. The van der Waals surface area contributed by atoms with Crippen molar-refractivity contribution in [3.63, 3.8) is 0 Å². The van der Waals surface area contributed by atoms with Gasteiger partial charge in [-0.15, -0.1) is 11.3 Å². The molecule has 0 aliphatic rings. The van der Waals surface area contributed by atoms with Crippen LogP contribution in [0.25, 0.3) is 11.0 Å². The summed E-state index contributed by atoms with van der Waals surface area (Å²) >= 11 is 5.07. The van der Waals surface area contributed by atoms with Gasteiger partial charge in [0.25, 0.3) is 0 Å². The molecule has 0 fully saturated rings. The van der Waals surface area contributed by atoms with Crippen molar-refractivity contribution in [2.45, 2.75) is 6.04 Å². The van der Waals surface area contributed by atoms with Gasteiger partial charge < -0.3 is 10.2 Å². The number of halogens is 1. The van der Waals surface area contributed by atoms with Gasteiger partial charge in [0.15, 0.2) is 0 Å². The predicted octanol–water partition coefficient (Wildman–Crippen LogP) is 4.30. The summed E-state index contributed by atoms with van der Waals surface area (Å²) in [5, 5.41) is 1.09. The average molecular weight is 308 g/mol. The van der Waals surface area contributed by atoms with Crippen molar-refractivity contribution in [1.82, 2.24) is 0 Å². The van der Waals surface area contributed by atoms with E-state index in [1.165, 1.54) is 0 Å². The summed E-state index contributed by atoms with van der Waals surface area (Å²) in [4.78, 5) is 1.09. The Labute approximate surface area is 111 Å². The zero-order valence-corrected chi connectivity index (χ0v) is 11.3. The molecule has 2 N–H and O–H groups in total. The first kappa shape index (κ1) is 11.0. The number of thiophene rings is 1. The van der Waals surface area contributed by atoms with E-state index in [9.17, 15) is 0 Å². The van der Waals surface area contributed by atoms with E-state index in [1.807, 2.05) is 42.5 Å². The minimum Gasteiger partial charge on any atom is -0.459 e. The summed E-state index contributed by atoms with van der Waals surface area (Å²) in [6, 6.07) is 13.8. The molecule has 17 heavy (non-hydrogen) atoms. The summed E-state index contributed by atoms with van der Waals surface area (Å²) in [5.74, 6) is 0.806. The molecule has 3 aromatic rings. The van der Waals surface area contributed by atoms with E-state index in [2.05, 4.69) is 15.9 Å². The molecule has 0 aliphatic carbocycles. The standard InChI is InChI=1S/C13H10BrNOS/c14-12-6-5-11(17-12)13(15)10-7-8-3-1-2-4-9(8)16-10/h1-7,13H,15H2. The molecule has 4 heteroatoms. The number of fused-ring (bicyclic) bond motifs is 1. The highest BCUT2D eigenvalue weighted by molar-refractivity contribution is 9.11. The Bertz CT molecular complexity index is 625. The first-order valence-corrected chi connectivity index (χ1v) is 6.84. The van der Waals surface area contributed by atoms with E-state index >= 15 is 0 Å². The number of furan rings is 1. The number of hydrogen-bond acceptors (Lipinski definition) is 3. The van der Waals surface area contributed by atoms with Crippen LogP contribution in [0.4, 0.5) is 0 Å². The second-order valence-corrected chi connectivity index (χ2v) is 6.30. The number of hydrogen-bond donors (Lipinski definition) is 1. The Morgan fingerprint density at radius 1 is 1.18 bits per heavy atom. The minimum atomic E-state index is -0.196. The molecule has 2 aromatic heterocycles. The van der Waals surface area contributed by atoms with E-state index < -0.39 is 0 Å². The normalized spacial score (nSPS) is 13.1. The van der Waals surface area contributed by atoms with Crippen LogP contribution >= 0.6 is 27.3 Å². The van der Waals surface area contributed by atoms with Gasteiger partial charge in [-0.25, -0.2) is 0 Å². The van der Waals surface area contributed by atoms with E-state index in [4.69, 9.17) is 10.2 Å². The predicted molar refractivity (Wildman–Crippen MR) is 74.3 cm³/mol. The zero-order chi connectivity index (χ0) is 11.8. The maximum Gasteiger partial charge on any atom is 0.134 e. The second-order valence-electron chi connectivity index (χ2n) is 3.81. The Morgan fingerprint density at radius 3 is 2.71 bits per heavy atom. The van der Waals surface area contributed by atoms with Crippen LogP contribution < -0.4 is 5.73 Å². The second kappa shape index (κ2) is 4.29. The Balaban J connectivity index is 2.03. The van der Waals surface area contributed by atoms with Crippen molar-refractivity contribution in [3.8, 4) is 0 Å². The van der Waals surface area contributed by atoms with Crippen LogP contribution in [0, 0.1) is 0 Å². The lowest BCUT2D eigenvalue weighted by atomic mass is 10.2. The highest BCUT2D eigenvalue weighted by Crippen LogP contribution is 2.32. The molecule has 1 atom stereocenters. The van der Waals surface area contributed by atoms with E-state index in [0.717, 1.165) is 25.4 Å². The fourth-order valence-electron chi connectivity index (χ4n) is 1.79. The Kier molecular flexibility index (Phi) is 2.78. The molecule has 0 saturated heterocycles. The highest BCUT2D eigenvalue weighted by atomic mass is 79.9. The van der Waals surface area contributed by atoms with Crippen LogP contribution in [0.3, 0.4) is 0 Å². The lowest BCUT2D eigenvalue weighted by Crippen LogP contribution is -2.08. The monoisotopic (exact) mass is 307 g/mol. The number of nitrogens with two attached hydrogens (primary N) is 1. The fraction of sp³-hybridized carbons (Fsp3) is 0.0769. The maximum atomic E-state index is 6.19. The first-order chi connectivity index (χ1) is 8.24. The van der Waals surface area contributed by atoms with Gasteiger partial charge in [-0.1, -0.05) is 18.2 Å². The molecule has 0 bridgehead atoms. The topological polar surface area (TPSA) is 39.2 Å². The van der Waals surface area contributed by atoms with Crippen molar-refractivity contribution in [2.75, 3.05) is 0 Å². The van der Waals surface area contributed by atoms with Gasteiger partial charge in [0.2, 0.25) is 0 Å². The molecule has 0 saturated carbocycles. The van der Waals surface area contributed by atoms with E-state index in [-0.39, 0.29) is 6.04 Å². The number of rotatable bonds is 2. The molecule has 1 unspecified atom stereocenters. The first-order valence-electron chi connectivity index (χ1n) is 5.23. The van der Waals surface area contributed by atoms with Crippen molar-refractivity contribution >= 4 is 38.2 Å². The lowest BCUT2D eigenvalue weighted by molar-refractivity contribution is 0.528. The molecule has 0 radical (unpaired) electrons. The summed E-state index contributed by atoms with van der Waals surface area (Å²) in [5.41, 5.74) is 7.07. The molecular formula is C13H10BrNOS. The molecule has 0 amide bonds. The Morgan fingerprint density at radius 2 is 2.00 bits per heavy atom. The molecule has 2 heterocycles. The third-order valence-electron chi connectivity index (χ3n) is 2.65. The summed E-state index contributed by atoms with van der Waals surface area (Å²) < 4.78 is 6.84. The molecule has 86 valence electrons. The van der Waals surface area contributed by atoms with Crippen LogP contribution in [0.1, 0.15) is 16.7 Å². The van der Waals surface area contributed by atoms with Gasteiger partial charge in [-0.3, -0.25) is 0 Å². The van der Waals surface area contributed by atoms with Gasteiger partial charge in [-0.2, -0.15) is 0 Å². The van der Waals surface area contributed by atoms with E-state index in [0.29, 0.717) is 0 Å². The van der Waals surface area contributed by atoms with Gasteiger partial charge in [0.1, 0.15) is 11.3 Å². The fourth-order valence-corrected chi connectivity index (χ4v) is 3.22. The van der Waals surface area contributed by atoms with Crippen LogP contribution in [0.5, 0.6) is 0 Å². The number of benzene rings is 1. The highest BCUT2D eigenvalue weighted by Gasteiger charge is 2.15. The third kappa shape index (κ3) is 2.04. The molecule has 2 nitrogen and oxygen atoms in total. The third-order valence-corrected chi connectivity index (χ3v) is 4.36. The van der Waals surface area contributed by atoms with Crippen molar-refractivity contribution in [3.05, 3.63) is 56.9 Å². The van der Waals surface area contributed by atoms with Gasteiger partial charge in [0.05, 0.1) is 9.83 Å². The van der Waals surface area contributed by atoms with E-state index in [1.54, 1.807) is 11.3 Å².